The van der Waals surface area contributed by atoms with E-state index in [9.17, 15) is 4.79 Å². The summed E-state index contributed by atoms with van der Waals surface area (Å²) in [4.78, 5) is 11.5. The van der Waals surface area contributed by atoms with Gasteiger partial charge in [-0.3, -0.25) is 4.79 Å². The molecule has 0 bridgehead atoms. The molecule has 18 heavy (non-hydrogen) atoms. The average molecular weight is 274 g/mol. The summed E-state index contributed by atoms with van der Waals surface area (Å²) in [6.45, 7) is 13.3. The van der Waals surface area contributed by atoms with Crippen LogP contribution < -0.4 is 10.6 Å². The van der Waals surface area contributed by atoms with Gasteiger partial charge in [-0.25, -0.2) is 0 Å². The van der Waals surface area contributed by atoms with Crippen LogP contribution in [0.1, 0.15) is 33.6 Å². The number of hydrogen-bond donors (Lipinski definition) is 2. The fourth-order valence-corrected chi connectivity index (χ4v) is 2.28. The van der Waals surface area contributed by atoms with Gasteiger partial charge in [-0.2, -0.15) is 0 Å². The molecule has 0 aromatic heterocycles. The first-order valence-corrected chi connectivity index (χ1v) is 9.67. The van der Waals surface area contributed by atoms with Gasteiger partial charge in [0.2, 0.25) is 5.91 Å². The first-order valence-electron chi connectivity index (χ1n) is 6.76. The molecule has 0 aliphatic heterocycles. The van der Waals surface area contributed by atoms with Crippen LogP contribution >= 0.6 is 0 Å². The summed E-state index contributed by atoms with van der Waals surface area (Å²) >= 11 is 0. The molecule has 0 heterocycles. The lowest BCUT2D eigenvalue weighted by atomic mass is 10.2. The molecule has 0 radical (unpaired) electrons. The van der Waals surface area contributed by atoms with Crippen LogP contribution in [0.15, 0.2) is 0 Å². The van der Waals surface area contributed by atoms with Crippen molar-refractivity contribution in [3.8, 4) is 0 Å². The highest BCUT2D eigenvalue weighted by Gasteiger charge is 2.36. The van der Waals surface area contributed by atoms with Crippen LogP contribution in [0.4, 0.5) is 0 Å². The van der Waals surface area contributed by atoms with Gasteiger partial charge in [0, 0.05) is 26.1 Å². The van der Waals surface area contributed by atoms with E-state index in [4.69, 9.17) is 4.43 Å². The first kappa shape index (κ1) is 17.6. The van der Waals surface area contributed by atoms with E-state index in [2.05, 4.69) is 44.5 Å². The van der Waals surface area contributed by atoms with Gasteiger partial charge in [-0.05, 0) is 31.6 Å². The van der Waals surface area contributed by atoms with E-state index in [0.717, 1.165) is 13.0 Å². The van der Waals surface area contributed by atoms with E-state index in [1.54, 1.807) is 0 Å². The van der Waals surface area contributed by atoms with E-state index < -0.39 is 8.32 Å². The highest BCUT2D eigenvalue weighted by molar-refractivity contribution is 6.74. The standard InChI is InChI=1S/C13H30N2O2Si/c1-13(2,3)18(5,6)17-11-7-8-12(16)15-10-9-14-4/h14H,7-11H2,1-6H3,(H,15,16). The quantitative estimate of drug-likeness (QED) is 0.526. The summed E-state index contributed by atoms with van der Waals surface area (Å²) in [6.07, 6.45) is 1.36. The van der Waals surface area contributed by atoms with Gasteiger partial charge in [0.1, 0.15) is 0 Å². The van der Waals surface area contributed by atoms with Gasteiger partial charge >= 0.3 is 0 Å². The molecular weight excluding hydrogens is 244 g/mol. The van der Waals surface area contributed by atoms with Crippen molar-refractivity contribution in [3.63, 3.8) is 0 Å². The van der Waals surface area contributed by atoms with Gasteiger partial charge < -0.3 is 15.1 Å². The Kier molecular flexibility index (Phi) is 7.74. The number of likely N-dealkylation sites (N-methyl/N-ethyl adjacent to an activating group) is 1. The normalized spacial score (nSPS) is 12.6. The number of carbonyl (C=O) groups excluding carboxylic acids is 1. The zero-order valence-corrected chi connectivity index (χ0v) is 13.9. The summed E-state index contributed by atoms with van der Waals surface area (Å²) in [5, 5.41) is 6.10. The van der Waals surface area contributed by atoms with Gasteiger partial charge in [0.05, 0.1) is 0 Å². The van der Waals surface area contributed by atoms with Crippen LogP contribution in [0.25, 0.3) is 0 Å². The predicted molar refractivity (Wildman–Crippen MR) is 79.3 cm³/mol. The summed E-state index contributed by atoms with van der Waals surface area (Å²) in [5.41, 5.74) is 0. The number of carbonyl (C=O) groups is 1. The van der Waals surface area contributed by atoms with Gasteiger partial charge in [-0.1, -0.05) is 20.8 Å². The van der Waals surface area contributed by atoms with Crippen molar-refractivity contribution < 1.29 is 9.22 Å². The lowest BCUT2D eigenvalue weighted by molar-refractivity contribution is -0.121. The summed E-state index contributed by atoms with van der Waals surface area (Å²) < 4.78 is 6.02. The van der Waals surface area contributed by atoms with Crippen LogP contribution in [0.5, 0.6) is 0 Å². The van der Waals surface area contributed by atoms with Crippen molar-refractivity contribution >= 4 is 14.2 Å². The molecule has 4 nitrogen and oxygen atoms in total. The predicted octanol–water partition coefficient (Wildman–Crippen LogP) is 2.12. The number of hydrogen-bond acceptors (Lipinski definition) is 3. The second kappa shape index (κ2) is 7.91. The molecule has 0 saturated carbocycles. The van der Waals surface area contributed by atoms with Crippen LogP contribution in [0.2, 0.25) is 18.1 Å². The van der Waals surface area contributed by atoms with Crippen LogP contribution in [0, 0.1) is 0 Å². The zero-order chi connectivity index (χ0) is 14.2. The maximum absolute atomic E-state index is 11.5. The molecule has 0 rings (SSSR count). The molecule has 0 aliphatic rings. The molecule has 0 unspecified atom stereocenters. The molecule has 0 aliphatic carbocycles. The van der Waals surface area contributed by atoms with E-state index in [0.29, 0.717) is 19.6 Å². The minimum absolute atomic E-state index is 0.115. The van der Waals surface area contributed by atoms with Crippen molar-refractivity contribution in [3.05, 3.63) is 0 Å². The Hall–Kier alpha value is -0.393. The fraction of sp³-hybridized carbons (Fsp3) is 0.923. The van der Waals surface area contributed by atoms with E-state index in [1.165, 1.54) is 0 Å². The third-order valence-corrected chi connectivity index (χ3v) is 8.05. The number of amides is 1. The van der Waals surface area contributed by atoms with Gasteiger partial charge in [0.15, 0.2) is 8.32 Å². The molecule has 0 saturated heterocycles. The maximum atomic E-state index is 11.5. The lowest BCUT2D eigenvalue weighted by Gasteiger charge is -2.36. The minimum atomic E-state index is -1.65. The third-order valence-electron chi connectivity index (χ3n) is 3.51. The second-order valence-corrected chi connectivity index (χ2v) is 11.0. The molecule has 0 atom stereocenters. The van der Waals surface area contributed by atoms with E-state index in [1.807, 2.05) is 7.05 Å². The van der Waals surface area contributed by atoms with Gasteiger partial charge in [0.25, 0.3) is 0 Å². The molecule has 2 N–H and O–H groups in total. The third kappa shape index (κ3) is 7.13. The van der Waals surface area contributed by atoms with Crippen molar-refractivity contribution in [1.82, 2.24) is 10.6 Å². The average Bonchev–Trinajstić information content (AvgIpc) is 2.23. The summed E-state index contributed by atoms with van der Waals surface area (Å²) in [6, 6.07) is 0. The van der Waals surface area contributed by atoms with Crippen molar-refractivity contribution in [2.24, 2.45) is 0 Å². The Bertz CT molecular complexity index is 250. The highest BCUT2D eigenvalue weighted by atomic mass is 28.4. The summed E-state index contributed by atoms with van der Waals surface area (Å²) in [5.74, 6) is 0.115. The Balaban J connectivity index is 3.71. The molecule has 0 aromatic carbocycles. The fourth-order valence-electron chi connectivity index (χ4n) is 1.19. The Morgan fingerprint density at radius 3 is 2.33 bits per heavy atom. The van der Waals surface area contributed by atoms with Crippen LogP contribution in [-0.4, -0.2) is 41.0 Å². The number of rotatable bonds is 8. The summed E-state index contributed by atoms with van der Waals surface area (Å²) in [7, 11) is 0.224. The molecule has 0 aromatic rings. The van der Waals surface area contributed by atoms with Gasteiger partial charge in [-0.15, -0.1) is 0 Å². The minimum Gasteiger partial charge on any atom is -0.417 e. The Labute approximate surface area is 113 Å². The van der Waals surface area contributed by atoms with Crippen LogP contribution in [-0.2, 0) is 9.22 Å². The highest BCUT2D eigenvalue weighted by Crippen LogP contribution is 2.36. The topological polar surface area (TPSA) is 50.4 Å². The van der Waals surface area contributed by atoms with Crippen molar-refractivity contribution in [2.75, 3.05) is 26.7 Å². The Morgan fingerprint density at radius 1 is 1.22 bits per heavy atom. The second-order valence-electron chi connectivity index (χ2n) is 6.17. The Morgan fingerprint density at radius 2 is 1.83 bits per heavy atom. The maximum Gasteiger partial charge on any atom is 0.220 e. The first-order chi connectivity index (χ1) is 8.20. The molecule has 1 amide bonds. The lowest BCUT2D eigenvalue weighted by Crippen LogP contribution is -2.41. The van der Waals surface area contributed by atoms with Crippen molar-refractivity contribution in [2.45, 2.75) is 51.7 Å². The number of nitrogens with one attached hydrogen (secondary N) is 2. The SMILES string of the molecule is CNCCNC(=O)CCCO[Si](C)(C)C(C)(C)C. The smallest absolute Gasteiger partial charge is 0.220 e. The van der Waals surface area contributed by atoms with Crippen molar-refractivity contribution in [1.29, 1.82) is 0 Å². The molecular formula is C13H30N2O2Si. The largest absolute Gasteiger partial charge is 0.417 e. The molecule has 0 fully saturated rings. The van der Waals surface area contributed by atoms with Crippen LogP contribution in [0.3, 0.4) is 0 Å². The molecule has 0 spiro atoms. The zero-order valence-electron chi connectivity index (χ0n) is 12.9. The molecule has 108 valence electrons. The monoisotopic (exact) mass is 274 g/mol. The molecule has 5 heteroatoms. The van der Waals surface area contributed by atoms with E-state index >= 15 is 0 Å². The van der Waals surface area contributed by atoms with E-state index in [-0.39, 0.29) is 10.9 Å².